The van der Waals surface area contributed by atoms with E-state index in [1.807, 2.05) is 13.8 Å². The Hall–Kier alpha value is -2.06. The summed E-state index contributed by atoms with van der Waals surface area (Å²) in [4.78, 5) is 25.4. The molecule has 1 rings (SSSR count). The molecular weight excluding hydrogens is 460 g/mol. The van der Waals surface area contributed by atoms with Crippen LogP contribution in [0.1, 0.15) is 74.1 Å². The number of rotatable bonds is 3. The van der Waals surface area contributed by atoms with Crippen LogP contribution in [0.2, 0.25) is 0 Å². The summed E-state index contributed by atoms with van der Waals surface area (Å²) in [6, 6.07) is 0. The van der Waals surface area contributed by atoms with Crippen molar-refractivity contribution in [2.75, 3.05) is 0 Å². The van der Waals surface area contributed by atoms with Crippen molar-refractivity contribution in [2.24, 2.45) is 17.8 Å². The highest BCUT2D eigenvalue weighted by molar-refractivity contribution is 5.98. The number of esters is 1. The summed E-state index contributed by atoms with van der Waals surface area (Å²) < 4.78 is 5.79. The molecule has 0 aliphatic carbocycles. The predicted molar refractivity (Wildman–Crippen MR) is 141 cm³/mol. The zero-order valence-corrected chi connectivity index (χ0v) is 22.8. The van der Waals surface area contributed by atoms with Gasteiger partial charge in [0.1, 0.15) is 11.7 Å². The van der Waals surface area contributed by atoms with Crippen LogP contribution in [-0.4, -0.2) is 62.2 Å². The fourth-order valence-corrected chi connectivity index (χ4v) is 3.90. The number of hydrogen-bond acceptors (Lipinski definition) is 7. The Morgan fingerprint density at radius 1 is 1.08 bits per heavy atom. The van der Waals surface area contributed by atoms with E-state index < -0.39 is 41.8 Å². The van der Waals surface area contributed by atoms with Crippen LogP contribution >= 0.6 is 0 Å². The van der Waals surface area contributed by atoms with Gasteiger partial charge in [-0.15, -0.1) is 0 Å². The number of ketones is 1. The molecule has 0 unspecified atom stereocenters. The van der Waals surface area contributed by atoms with Gasteiger partial charge in [0.15, 0.2) is 5.78 Å². The Bertz CT molecular complexity index is 850. The van der Waals surface area contributed by atoms with Crippen LogP contribution in [0.3, 0.4) is 0 Å². The fraction of sp³-hybridized carbons (Fsp3) is 0.655. The maximum Gasteiger partial charge on any atom is 0.330 e. The number of allylic oxidation sites excluding steroid dienone is 1. The first-order valence-corrected chi connectivity index (χ1v) is 12.8. The molecule has 0 saturated carbocycles. The summed E-state index contributed by atoms with van der Waals surface area (Å²) in [5, 5.41) is 41.5. The second-order valence-electron chi connectivity index (χ2n) is 10.7. The summed E-state index contributed by atoms with van der Waals surface area (Å²) in [5.74, 6) is -1.61. The maximum atomic E-state index is 12.7. The van der Waals surface area contributed by atoms with E-state index in [0.29, 0.717) is 24.0 Å². The summed E-state index contributed by atoms with van der Waals surface area (Å²) in [7, 11) is 0. The Kier molecular flexibility index (Phi) is 13.0. The van der Waals surface area contributed by atoms with Gasteiger partial charge in [0.2, 0.25) is 0 Å². The Balaban J connectivity index is 3.30. The van der Waals surface area contributed by atoms with Gasteiger partial charge in [-0.25, -0.2) is 4.79 Å². The zero-order chi connectivity index (χ0) is 27.6. The van der Waals surface area contributed by atoms with Crippen LogP contribution in [-0.2, 0) is 14.3 Å². The van der Waals surface area contributed by atoms with Crippen LogP contribution in [0.4, 0.5) is 0 Å². The van der Waals surface area contributed by atoms with E-state index in [0.717, 1.165) is 0 Å². The van der Waals surface area contributed by atoms with E-state index in [1.54, 1.807) is 45.9 Å². The summed E-state index contributed by atoms with van der Waals surface area (Å²) in [6.45, 7) is 12.2. The predicted octanol–water partition coefficient (Wildman–Crippen LogP) is 3.81. The first-order chi connectivity index (χ1) is 16.6. The van der Waals surface area contributed by atoms with Crippen molar-refractivity contribution >= 4 is 11.8 Å². The van der Waals surface area contributed by atoms with E-state index in [1.165, 1.54) is 25.2 Å². The summed E-state index contributed by atoms with van der Waals surface area (Å²) in [6.07, 6.45) is 7.92. The maximum absolute atomic E-state index is 12.7. The van der Waals surface area contributed by atoms with E-state index in [-0.39, 0.29) is 30.6 Å². The van der Waals surface area contributed by atoms with Crippen molar-refractivity contribution in [1.82, 2.24) is 0 Å². The lowest BCUT2D eigenvalue weighted by atomic mass is 9.89. The molecule has 4 N–H and O–H groups in total. The molecule has 0 fully saturated rings. The van der Waals surface area contributed by atoms with E-state index in [2.05, 4.69) is 0 Å². The third-order valence-electron chi connectivity index (χ3n) is 7.03. The van der Waals surface area contributed by atoms with Crippen LogP contribution in [0, 0.1) is 17.8 Å². The third-order valence-corrected chi connectivity index (χ3v) is 7.03. The Morgan fingerprint density at radius 2 is 1.72 bits per heavy atom. The SMILES string of the molecule is C/C1=C/C(=O)[C@](C)(O)/C=C\C[C@H](C)[C@@H](C[C@H](C)[C@H](C)O)OC(=O)/C=C(/C)[C@@H](C)[C@@H](O)/C=C\C[C@H](O)C1. The average Bonchev–Trinajstić information content (AvgIpc) is 2.76. The molecule has 0 spiro atoms. The minimum Gasteiger partial charge on any atom is -0.459 e. The zero-order valence-electron chi connectivity index (χ0n) is 22.8. The number of cyclic esters (lactones) is 1. The third kappa shape index (κ3) is 10.9. The smallest absolute Gasteiger partial charge is 0.330 e. The molecular formula is C29H46O7. The molecule has 1 aliphatic heterocycles. The number of hydrogen-bond donors (Lipinski definition) is 4. The van der Waals surface area contributed by atoms with Gasteiger partial charge in [-0.3, -0.25) is 4.79 Å². The van der Waals surface area contributed by atoms with Crippen molar-refractivity contribution in [2.45, 2.75) is 104 Å². The minimum atomic E-state index is -1.72. The van der Waals surface area contributed by atoms with Gasteiger partial charge < -0.3 is 25.2 Å². The summed E-state index contributed by atoms with van der Waals surface area (Å²) >= 11 is 0. The van der Waals surface area contributed by atoms with Gasteiger partial charge in [0.25, 0.3) is 0 Å². The highest BCUT2D eigenvalue weighted by atomic mass is 16.5. The lowest BCUT2D eigenvalue weighted by Crippen LogP contribution is -2.32. The Morgan fingerprint density at radius 3 is 2.33 bits per heavy atom. The molecule has 36 heavy (non-hydrogen) atoms. The van der Waals surface area contributed by atoms with E-state index in [9.17, 15) is 30.0 Å². The highest BCUT2D eigenvalue weighted by Gasteiger charge is 2.28. The molecule has 0 aromatic carbocycles. The van der Waals surface area contributed by atoms with Gasteiger partial charge in [-0.2, -0.15) is 0 Å². The monoisotopic (exact) mass is 506 g/mol. The van der Waals surface area contributed by atoms with E-state index >= 15 is 0 Å². The average molecular weight is 507 g/mol. The normalized spacial score (nSPS) is 38.5. The van der Waals surface area contributed by atoms with Crippen LogP contribution < -0.4 is 0 Å². The molecule has 1 aliphatic rings. The van der Waals surface area contributed by atoms with Gasteiger partial charge >= 0.3 is 5.97 Å². The molecule has 8 atom stereocenters. The number of aliphatic hydroxyl groups is 4. The molecule has 7 heteroatoms. The topological polar surface area (TPSA) is 124 Å². The number of aliphatic hydroxyl groups excluding tert-OH is 3. The van der Waals surface area contributed by atoms with Gasteiger partial charge in [-0.05, 0) is 77.4 Å². The standard InChI is InChI=1S/C29H46O7/c1-18-14-24(31)11-8-12-25(32)22(5)20(3)17-28(34)36-26(16-21(4)23(6)30)19(2)10-9-13-29(7,35)27(33)15-18/h8-9,12-13,15,17,19,21-26,30-32,35H,10-11,14,16H2,1-7H3/b12-8-,13-9-,18-15-,20-17-/t19-,21-,22+,23-,24-,25-,26+,29+/m0/s1. The number of carbonyl (C=O) groups is 2. The van der Waals surface area contributed by atoms with Gasteiger partial charge in [0.05, 0.1) is 18.3 Å². The molecule has 0 saturated heterocycles. The molecule has 0 bridgehead atoms. The second kappa shape index (κ2) is 14.6. The van der Waals surface area contributed by atoms with Crippen molar-refractivity contribution in [1.29, 1.82) is 0 Å². The van der Waals surface area contributed by atoms with Crippen molar-refractivity contribution < 1.29 is 34.8 Å². The number of carbonyl (C=O) groups excluding carboxylic acids is 2. The Labute approximate surface area is 216 Å². The summed E-state index contributed by atoms with van der Waals surface area (Å²) in [5.41, 5.74) is -0.411. The first kappa shape index (κ1) is 32.0. The van der Waals surface area contributed by atoms with Crippen LogP contribution in [0.25, 0.3) is 0 Å². The molecule has 1 heterocycles. The lowest BCUT2D eigenvalue weighted by molar-refractivity contribution is -0.147. The minimum absolute atomic E-state index is 0.108. The van der Waals surface area contributed by atoms with Gasteiger partial charge in [-0.1, -0.05) is 50.1 Å². The molecule has 0 aromatic rings. The lowest BCUT2D eigenvalue weighted by Gasteiger charge is -2.27. The van der Waals surface area contributed by atoms with Crippen LogP contribution in [0.5, 0.6) is 0 Å². The van der Waals surface area contributed by atoms with Gasteiger partial charge in [0, 0.05) is 12.0 Å². The second-order valence-corrected chi connectivity index (χ2v) is 10.7. The van der Waals surface area contributed by atoms with E-state index in [4.69, 9.17) is 4.74 Å². The van der Waals surface area contributed by atoms with Crippen LogP contribution in [0.15, 0.2) is 47.6 Å². The number of ether oxygens (including phenoxy) is 1. The molecule has 204 valence electrons. The highest BCUT2D eigenvalue weighted by Crippen LogP contribution is 2.24. The van der Waals surface area contributed by atoms with Crippen molar-refractivity contribution in [3.05, 3.63) is 47.6 Å². The quantitative estimate of drug-likeness (QED) is 0.339. The van der Waals surface area contributed by atoms with Crippen molar-refractivity contribution in [3.63, 3.8) is 0 Å². The largest absolute Gasteiger partial charge is 0.459 e. The molecule has 0 radical (unpaired) electrons. The molecule has 0 amide bonds. The molecule has 7 nitrogen and oxygen atoms in total. The molecule has 0 aromatic heterocycles. The fourth-order valence-electron chi connectivity index (χ4n) is 3.90. The van der Waals surface area contributed by atoms with Crippen molar-refractivity contribution in [3.8, 4) is 0 Å². The first-order valence-electron chi connectivity index (χ1n) is 12.8.